The van der Waals surface area contributed by atoms with Gasteiger partial charge in [-0.2, -0.15) is 0 Å². The first kappa shape index (κ1) is 13.5. The summed E-state index contributed by atoms with van der Waals surface area (Å²) in [5.41, 5.74) is 0.490. The molecule has 0 atom stereocenters. The van der Waals surface area contributed by atoms with Gasteiger partial charge in [0, 0.05) is 13.1 Å². The molecule has 0 radical (unpaired) electrons. The molecule has 1 aromatic carbocycles. The summed E-state index contributed by atoms with van der Waals surface area (Å²) in [6, 6.07) is 5.04. The van der Waals surface area contributed by atoms with E-state index in [-0.39, 0.29) is 6.03 Å². The number of urea groups is 1. The number of anilines is 1. The molecule has 1 N–H and O–H groups in total. The van der Waals surface area contributed by atoms with Gasteiger partial charge >= 0.3 is 6.03 Å². The molecule has 1 heterocycles. The van der Waals surface area contributed by atoms with Gasteiger partial charge in [-0.05, 0) is 30.9 Å². The second-order valence-electron chi connectivity index (χ2n) is 4.70. The minimum Gasteiger partial charge on any atom is -0.325 e. The Bertz CT molecular complexity index is 422. The molecule has 0 aromatic heterocycles. The normalized spacial score (nSPS) is 16.7. The van der Waals surface area contributed by atoms with Gasteiger partial charge < -0.3 is 10.2 Å². The molecule has 1 saturated heterocycles. The summed E-state index contributed by atoms with van der Waals surface area (Å²) < 4.78 is 0. The predicted molar refractivity (Wildman–Crippen MR) is 75.5 cm³/mol. The van der Waals surface area contributed by atoms with E-state index >= 15 is 0 Å². The average Bonchev–Trinajstić information content (AvgIpc) is 2.34. The molecule has 5 heteroatoms. The van der Waals surface area contributed by atoms with Crippen molar-refractivity contribution in [1.29, 1.82) is 0 Å². The Morgan fingerprint density at radius 1 is 1.28 bits per heavy atom. The second kappa shape index (κ2) is 5.81. The molecule has 18 heavy (non-hydrogen) atoms. The number of carbonyl (C=O) groups is 1. The highest BCUT2D eigenvalue weighted by Crippen LogP contribution is 2.30. The summed E-state index contributed by atoms with van der Waals surface area (Å²) in [6.45, 7) is 3.78. The third-order valence-electron chi connectivity index (χ3n) is 3.27. The number of carbonyl (C=O) groups excluding carboxylic acids is 1. The molecule has 98 valence electrons. The summed E-state index contributed by atoms with van der Waals surface area (Å²) in [6.07, 6.45) is 2.09. The van der Waals surface area contributed by atoms with Crippen LogP contribution in [0.4, 0.5) is 10.5 Å². The van der Waals surface area contributed by atoms with E-state index in [0.717, 1.165) is 25.9 Å². The molecule has 1 aliphatic rings. The van der Waals surface area contributed by atoms with Gasteiger partial charge in [-0.25, -0.2) is 4.79 Å². The molecule has 0 spiro atoms. The Labute approximate surface area is 117 Å². The van der Waals surface area contributed by atoms with Crippen LogP contribution in [0, 0.1) is 5.92 Å². The second-order valence-corrected chi connectivity index (χ2v) is 5.51. The van der Waals surface area contributed by atoms with Crippen molar-refractivity contribution in [2.75, 3.05) is 18.4 Å². The van der Waals surface area contributed by atoms with Crippen molar-refractivity contribution in [2.45, 2.75) is 19.8 Å². The first-order valence-electron chi connectivity index (χ1n) is 6.08. The van der Waals surface area contributed by atoms with E-state index in [0.29, 0.717) is 21.7 Å². The van der Waals surface area contributed by atoms with Gasteiger partial charge in [0.25, 0.3) is 0 Å². The number of hydrogen-bond donors (Lipinski definition) is 1. The van der Waals surface area contributed by atoms with Gasteiger partial charge in [0.1, 0.15) is 0 Å². The van der Waals surface area contributed by atoms with Crippen molar-refractivity contribution in [1.82, 2.24) is 4.90 Å². The van der Waals surface area contributed by atoms with Crippen molar-refractivity contribution in [3.63, 3.8) is 0 Å². The SMILES string of the molecule is CC1CCN(C(=O)Nc2c(Cl)cccc2Cl)CC1. The van der Waals surface area contributed by atoms with Gasteiger partial charge in [-0.3, -0.25) is 0 Å². The molecular weight excluding hydrogens is 271 g/mol. The number of piperidine rings is 1. The minimum atomic E-state index is -0.128. The Hall–Kier alpha value is -0.930. The third kappa shape index (κ3) is 3.09. The number of halogens is 2. The Morgan fingerprint density at radius 3 is 2.39 bits per heavy atom. The monoisotopic (exact) mass is 286 g/mol. The van der Waals surface area contributed by atoms with Crippen LogP contribution in [-0.4, -0.2) is 24.0 Å². The molecule has 0 unspecified atom stereocenters. The Morgan fingerprint density at radius 2 is 1.83 bits per heavy atom. The number of hydrogen-bond acceptors (Lipinski definition) is 1. The standard InChI is InChI=1S/C13H16Cl2N2O/c1-9-5-7-17(8-6-9)13(18)16-12-10(14)3-2-4-11(12)15/h2-4,9H,5-8H2,1H3,(H,16,18). The smallest absolute Gasteiger partial charge is 0.321 e. The number of nitrogens with one attached hydrogen (secondary N) is 1. The quantitative estimate of drug-likeness (QED) is 0.822. The highest BCUT2D eigenvalue weighted by atomic mass is 35.5. The zero-order valence-electron chi connectivity index (χ0n) is 10.2. The third-order valence-corrected chi connectivity index (χ3v) is 3.90. The zero-order valence-corrected chi connectivity index (χ0v) is 11.8. The van der Waals surface area contributed by atoms with Crippen molar-refractivity contribution in [3.8, 4) is 0 Å². The van der Waals surface area contributed by atoms with E-state index in [1.54, 1.807) is 23.1 Å². The lowest BCUT2D eigenvalue weighted by Crippen LogP contribution is -2.40. The van der Waals surface area contributed by atoms with Crippen LogP contribution >= 0.6 is 23.2 Å². The maximum atomic E-state index is 12.1. The van der Waals surface area contributed by atoms with Gasteiger partial charge in [-0.15, -0.1) is 0 Å². The lowest BCUT2D eigenvalue weighted by Gasteiger charge is -2.30. The summed E-state index contributed by atoms with van der Waals surface area (Å²) in [7, 11) is 0. The maximum absolute atomic E-state index is 12.1. The van der Waals surface area contributed by atoms with Crippen LogP contribution in [0.5, 0.6) is 0 Å². The van der Waals surface area contributed by atoms with Crippen LogP contribution in [-0.2, 0) is 0 Å². The molecule has 1 aromatic rings. The number of para-hydroxylation sites is 1. The molecule has 0 bridgehead atoms. The number of amides is 2. The zero-order chi connectivity index (χ0) is 13.1. The Kier molecular flexibility index (Phi) is 4.36. The topological polar surface area (TPSA) is 32.3 Å². The van der Waals surface area contributed by atoms with Crippen LogP contribution in [0.2, 0.25) is 10.0 Å². The molecule has 0 saturated carbocycles. The first-order valence-corrected chi connectivity index (χ1v) is 6.83. The highest BCUT2D eigenvalue weighted by molar-refractivity contribution is 6.39. The highest BCUT2D eigenvalue weighted by Gasteiger charge is 2.21. The summed E-state index contributed by atoms with van der Waals surface area (Å²) in [5.74, 6) is 0.693. The van der Waals surface area contributed by atoms with Gasteiger partial charge in [0.05, 0.1) is 15.7 Å². The van der Waals surface area contributed by atoms with Crippen molar-refractivity contribution in [2.24, 2.45) is 5.92 Å². The predicted octanol–water partition coefficient (Wildman–Crippen LogP) is 4.26. The fraction of sp³-hybridized carbons (Fsp3) is 0.462. The molecule has 0 aliphatic carbocycles. The number of benzene rings is 1. The van der Waals surface area contributed by atoms with E-state index in [4.69, 9.17) is 23.2 Å². The van der Waals surface area contributed by atoms with Crippen LogP contribution < -0.4 is 5.32 Å². The average molecular weight is 287 g/mol. The fourth-order valence-electron chi connectivity index (χ4n) is 2.01. The molecule has 3 nitrogen and oxygen atoms in total. The van der Waals surface area contributed by atoms with Crippen LogP contribution in [0.25, 0.3) is 0 Å². The van der Waals surface area contributed by atoms with Crippen LogP contribution in [0.15, 0.2) is 18.2 Å². The van der Waals surface area contributed by atoms with Gasteiger partial charge in [0.15, 0.2) is 0 Å². The van der Waals surface area contributed by atoms with E-state index in [2.05, 4.69) is 12.2 Å². The molecule has 1 fully saturated rings. The largest absolute Gasteiger partial charge is 0.325 e. The number of rotatable bonds is 1. The molecule has 2 rings (SSSR count). The summed E-state index contributed by atoms with van der Waals surface area (Å²) in [4.78, 5) is 13.9. The Balaban J connectivity index is 2.03. The van der Waals surface area contributed by atoms with Crippen molar-refractivity contribution < 1.29 is 4.79 Å². The molecular formula is C13H16Cl2N2O. The van der Waals surface area contributed by atoms with Crippen molar-refractivity contribution in [3.05, 3.63) is 28.2 Å². The maximum Gasteiger partial charge on any atom is 0.321 e. The van der Waals surface area contributed by atoms with E-state index < -0.39 is 0 Å². The number of nitrogens with zero attached hydrogens (tertiary/aromatic N) is 1. The first-order chi connectivity index (χ1) is 8.58. The van der Waals surface area contributed by atoms with Crippen LogP contribution in [0.1, 0.15) is 19.8 Å². The molecule has 2 amide bonds. The lowest BCUT2D eigenvalue weighted by atomic mass is 10.00. The van der Waals surface area contributed by atoms with Crippen LogP contribution in [0.3, 0.4) is 0 Å². The van der Waals surface area contributed by atoms with Gasteiger partial charge in [0.2, 0.25) is 0 Å². The summed E-state index contributed by atoms with van der Waals surface area (Å²) >= 11 is 12.0. The summed E-state index contributed by atoms with van der Waals surface area (Å²) in [5, 5.41) is 3.71. The van der Waals surface area contributed by atoms with Gasteiger partial charge in [-0.1, -0.05) is 36.2 Å². The van der Waals surface area contributed by atoms with E-state index in [9.17, 15) is 4.79 Å². The van der Waals surface area contributed by atoms with E-state index in [1.165, 1.54) is 0 Å². The number of likely N-dealkylation sites (tertiary alicyclic amines) is 1. The lowest BCUT2D eigenvalue weighted by molar-refractivity contribution is 0.186. The minimum absolute atomic E-state index is 0.128. The van der Waals surface area contributed by atoms with Crippen molar-refractivity contribution >= 4 is 34.9 Å². The fourth-order valence-corrected chi connectivity index (χ4v) is 2.51. The molecule has 1 aliphatic heterocycles. The van der Waals surface area contributed by atoms with E-state index in [1.807, 2.05) is 0 Å².